The third-order valence-electron chi connectivity index (χ3n) is 5.66. The molecule has 0 radical (unpaired) electrons. The first kappa shape index (κ1) is 22.7. The summed E-state index contributed by atoms with van der Waals surface area (Å²) in [6.45, 7) is 3.99. The molecule has 0 amide bonds. The van der Waals surface area contributed by atoms with Gasteiger partial charge in [0.25, 0.3) is 0 Å². The third kappa shape index (κ3) is 5.21. The summed E-state index contributed by atoms with van der Waals surface area (Å²) < 4.78 is 30.6. The fraction of sp³-hybridized carbons (Fsp3) is 0.458. The van der Waals surface area contributed by atoms with Crippen molar-refractivity contribution in [3.8, 4) is 17.2 Å². The summed E-state index contributed by atoms with van der Waals surface area (Å²) in [5, 5.41) is 6.64. The highest BCUT2D eigenvalue weighted by atomic mass is 19.1. The van der Waals surface area contributed by atoms with E-state index in [1.807, 2.05) is 31.2 Å². The lowest BCUT2D eigenvalue weighted by atomic mass is 9.95. The average Bonchev–Trinajstić information content (AvgIpc) is 3.58. The van der Waals surface area contributed by atoms with Crippen molar-refractivity contribution in [2.45, 2.75) is 31.6 Å². The summed E-state index contributed by atoms with van der Waals surface area (Å²) in [6, 6.07) is 10.9. The Labute approximate surface area is 183 Å². The van der Waals surface area contributed by atoms with Gasteiger partial charge in [0.15, 0.2) is 17.5 Å². The highest BCUT2D eigenvalue weighted by molar-refractivity contribution is 5.79. The highest BCUT2D eigenvalue weighted by Crippen LogP contribution is 2.49. The van der Waals surface area contributed by atoms with Crippen LogP contribution >= 0.6 is 0 Å². The Balaban J connectivity index is 1.66. The molecular weight excluding hydrogens is 397 g/mol. The molecule has 1 aliphatic carbocycles. The molecular formula is C24H32FN3O3. The number of hydrogen-bond donors (Lipinski definition) is 2. The van der Waals surface area contributed by atoms with Gasteiger partial charge in [-0.3, -0.25) is 4.99 Å². The van der Waals surface area contributed by atoms with E-state index < -0.39 is 0 Å². The molecule has 7 heteroatoms. The number of guanidine groups is 1. The molecule has 2 N–H and O–H groups in total. The summed E-state index contributed by atoms with van der Waals surface area (Å²) in [5.74, 6) is 2.47. The van der Waals surface area contributed by atoms with Crippen LogP contribution < -0.4 is 24.8 Å². The van der Waals surface area contributed by atoms with Gasteiger partial charge in [0.1, 0.15) is 5.82 Å². The van der Waals surface area contributed by atoms with Gasteiger partial charge in [-0.2, -0.15) is 0 Å². The second kappa shape index (κ2) is 10.4. The molecule has 1 fully saturated rings. The Morgan fingerprint density at radius 1 is 1.00 bits per heavy atom. The van der Waals surface area contributed by atoms with Gasteiger partial charge in [0, 0.05) is 24.1 Å². The topological polar surface area (TPSA) is 64.1 Å². The van der Waals surface area contributed by atoms with Gasteiger partial charge in [-0.05, 0) is 43.9 Å². The maximum absolute atomic E-state index is 14.3. The SMILES string of the molecule is CCNC(=NCC1(c2ccccc2F)CC1)NCCc1ccc(OC)c(OC)c1OC. The van der Waals surface area contributed by atoms with Crippen molar-refractivity contribution in [2.75, 3.05) is 41.0 Å². The summed E-state index contributed by atoms with van der Waals surface area (Å²) in [4.78, 5) is 4.75. The molecule has 168 valence electrons. The largest absolute Gasteiger partial charge is 0.493 e. The molecule has 6 nitrogen and oxygen atoms in total. The van der Waals surface area contributed by atoms with Crippen molar-refractivity contribution in [3.05, 3.63) is 53.3 Å². The minimum Gasteiger partial charge on any atom is -0.493 e. The molecule has 2 aromatic carbocycles. The molecule has 0 atom stereocenters. The lowest BCUT2D eigenvalue weighted by molar-refractivity contribution is 0.322. The van der Waals surface area contributed by atoms with E-state index in [2.05, 4.69) is 10.6 Å². The number of ether oxygens (including phenoxy) is 3. The molecule has 0 unspecified atom stereocenters. The van der Waals surface area contributed by atoms with Crippen LogP contribution in [-0.2, 0) is 11.8 Å². The summed E-state index contributed by atoms with van der Waals surface area (Å²) in [5.41, 5.74) is 1.60. The second-order valence-electron chi connectivity index (χ2n) is 7.63. The fourth-order valence-electron chi connectivity index (χ4n) is 3.80. The van der Waals surface area contributed by atoms with E-state index in [9.17, 15) is 4.39 Å². The number of methoxy groups -OCH3 is 3. The Hall–Kier alpha value is -2.96. The predicted molar refractivity (Wildman–Crippen MR) is 121 cm³/mol. The quantitative estimate of drug-likeness (QED) is 0.446. The van der Waals surface area contributed by atoms with E-state index in [1.165, 1.54) is 6.07 Å². The van der Waals surface area contributed by atoms with Crippen LogP contribution in [0, 0.1) is 5.82 Å². The standard InChI is InChI=1S/C24H32FN3O3/c1-5-26-23(28-16-24(13-14-24)18-8-6-7-9-19(18)25)27-15-12-17-10-11-20(29-2)22(31-4)21(17)30-3/h6-11H,5,12-16H2,1-4H3,(H2,26,27,28). The third-order valence-corrected chi connectivity index (χ3v) is 5.66. The van der Waals surface area contributed by atoms with Gasteiger partial charge in [-0.1, -0.05) is 24.3 Å². The van der Waals surface area contributed by atoms with Crippen molar-refractivity contribution in [1.82, 2.24) is 10.6 Å². The zero-order valence-corrected chi connectivity index (χ0v) is 18.8. The van der Waals surface area contributed by atoms with Crippen molar-refractivity contribution in [2.24, 2.45) is 4.99 Å². The molecule has 0 aliphatic heterocycles. The maximum atomic E-state index is 14.3. The van der Waals surface area contributed by atoms with E-state index in [-0.39, 0.29) is 11.2 Å². The number of halogens is 1. The maximum Gasteiger partial charge on any atom is 0.203 e. The van der Waals surface area contributed by atoms with Crippen LogP contribution in [0.25, 0.3) is 0 Å². The minimum atomic E-state index is -0.180. The molecule has 0 spiro atoms. The molecule has 2 aromatic rings. The monoisotopic (exact) mass is 429 g/mol. The van der Waals surface area contributed by atoms with Crippen LogP contribution in [0.5, 0.6) is 17.2 Å². The molecule has 0 bridgehead atoms. The lowest BCUT2D eigenvalue weighted by Crippen LogP contribution is -2.39. The zero-order valence-electron chi connectivity index (χ0n) is 18.8. The smallest absolute Gasteiger partial charge is 0.203 e. The first-order chi connectivity index (χ1) is 15.1. The van der Waals surface area contributed by atoms with Gasteiger partial charge in [0.05, 0.1) is 27.9 Å². The summed E-state index contributed by atoms with van der Waals surface area (Å²) >= 11 is 0. The van der Waals surface area contributed by atoms with Crippen molar-refractivity contribution >= 4 is 5.96 Å². The van der Waals surface area contributed by atoms with Crippen LogP contribution in [-0.4, -0.2) is 46.9 Å². The molecule has 31 heavy (non-hydrogen) atoms. The van der Waals surface area contributed by atoms with Crippen LogP contribution in [0.1, 0.15) is 30.9 Å². The number of rotatable bonds is 10. The van der Waals surface area contributed by atoms with E-state index in [4.69, 9.17) is 19.2 Å². The zero-order chi connectivity index (χ0) is 22.3. The Morgan fingerprint density at radius 2 is 1.74 bits per heavy atom. The second-order valence-corrected chi connectivity index (χ2v) is 7.63. The predicted octanol–water partition coefficient (Wildman–Crippen LogP) is 3.68. The minimum absolute atomic E-state index is 0.145. The van der Waals surface area contributed by atoms with Gasteiger partial charge in [-0.15, -0.1) is 0 Å². The lowest BCUT2D eigenvalue weighted by Gasteiger charge is -2.18. The van der Waals surface area contributed by atoms with Crippen LogP contribution in [0.3, 0.4) is 0 Å². The molecule has 1 saturated carbocycles. The van der Waals surface area contributed by atoms with Gasteiger partial charge in [-0.25, -0.2) is 4.39 Å². The number of nitrogens with one attached hydrogen (secondary N) is 2. The van der Waals surface area contributed by atoms with E-state index in [0.29, 0.717) is 36.8 Å². The van der Waals surface area contributed by atoms with Crippen molar-refractivity contribution in [1.29, 1.82) is 0 Å². The van der Waals surface area contributed by atoms with Crippen molar-refractivity contribution in [3.63, 3.8) is 0 Å². The average molecular weight is 430 g/mol. The van der Waals surface area contributed by atoms with Crippen LogP contribution in [0.2, 0.25) is 0 Å². The molecule has 0 aromatic heterocycles. The first-order valence-electron chi connectivity index (χ1n) is 10.6. The van der Waals surface area contributed by atoms with Crippen LogP contribution in [0.15, 0.2) is 41.4 Å². The fourth-order valence-corrected chi connectivity index (χ4v) is 3.80. The Morgan fingerprint density at radius 3 is 2.35 bits per heavy atom. The molecule has 0 saturated heterocycles. The van der Waals surface area contributed by atoms with Crippen LogP contribution in [0.4, 0.5) is 4.39 Å². The number of benzene rings is 2. The Bertz CT molecular complexity index is 913. The van der Waals surface area contributed by atoms with Gasteiger partial charge in [0.2, 0.25) is 5.75 Å². The molecule has 0 heterocycles. The molecule has 3 rings (SSSR count). The summed E-state index contributed by atoms with van der Waals surface area (Å²) in [7, 11) is 4.82. The van der Waals surface area contributed by atoms with E-state index in [1.54, 1.807) is 27.4 Å². The number of hydrogen-bond acceptors (Lipinski definition) is 4. The Kier molecular flexibility index (Phi) is 7.60. The molecule has 1 aliphatic rings. The van der Waals surface area contributed by atoms with Gasteiger partial charge >= 0.3 is 0 Å². The first-order valence-corrected chi connectivity index (χ1v) is 10.6. The van der Waals surface area contributed by atoms with E-state index in [0.717, 1.165) is 36.5 Å². The van der Waals surface area contributed by atoms with Crippen molar-refractivity contribution < 1.29 is 18.6 Å². The number of nitrogens with zero attached hydrogens (tertiary/aromatic N) is 1. The summed E-state index contributed by atoms with van der Waals surface area (Å²) in [6.07, 6.45) is 2.63. The van der Waals surface area contributed by atoms with Gasteiger partial charge < -0.3 is 24.8 Å². The normalized spacial score (nSPS) is 14.7. The van der Waals surface area contributed by atoms with E-state index >= 15 is 0 Å². The number of aliphatic imine (C=N–C) groups is 1. The highest BCUT2D eigenvalue weighted by Gasteiger charge is 2.45.